The number of aromatic nitrogens is 2. The van der Waals surface area contributed by atoms with Gasteiger partial charge in [0.05, 0.1) is 29.7 Å². The highest BCUT2D eigenvalue weighted by Gasteiger charge is 2.26. The number of amides is 1. The molecule has 0 aliphatic carbocycles. The molecule has 1 aliphatic rings. The van der Waals surface area contributed by atoms with Crippen LogP contribution in [0.5, 0.6) is 5.75 Å². The highest BCUT2D eigenvalue weighted by molar-refractivity contribution is 5.78. The number of aryl methyl sites for hydroxylation is 1. The monoisotopic (exact) mass is 420 g/mol. The third kappa shape index (κ3) is 4.26. The molecule has 1 amide bonds. The average molecular weight is 421 g/mol. The van der Waals surface area contributed by atoms with Crippen LogP contribution in [-0.2, 0) is 18.3 Å². The number of ether oxygens (including phenoxy) is 1. The molecule has 4 rings (SSSR count). The van der Waals surface area contributed by atoms with Gasteiger partial charge >= 0.3 is 0 Å². The van der Waals surface area contributed by atoms with E-state index in [0.717, 1.165) is 24.5 Å². The minimum Gasteiger partial charge on any atom is -0.485 e. The van der Waals surface area contributed by atoms with Gasteiger partial charge in [-0.05, 0) is 31.2 Å². The molecule has 162 valence electrons. The molecule has 1 aliphatic heterocycles. The standard InChI is InChI=1S/C24H28N4O3/c1-4-28-16-17(31-21-12-8-7-11-20(21)28)15-26(2)23(29)14-13-22-25-19-10-6-5-9-18(19)24(30)27(22)3/h5-12,17H,4,13-16H2,1-3H3/t17-/m0/s1. The lowest BCUT2D eigenvalue weighted by Gasteiger charge is -2.37. The van der Waals surface area contributed by atoms with Crippen LogP contribution in [0.3, 0.4) is 0 Å². The molecule has 7 heteroatoms. The molecule has 3 aromatic rings. The molecule has 2 aromatic carbocycles. The minimum atomic E-state index is -0.0908. The quantitative estimate of drug-likeness (QED) is 0.613. The molecule has 1 atom stereocenters. The maximum atomic E-state index is 12.8. The second kappa shape index (κ2) is 8.79. The van der Waals surface area contributed by atoms with E-state index < -0.39 is 0 Å². The van der Waals surface area contributed by atoms with Crippen molar-refractivity contribution in [3.8, 4) is 5.75 Å². The van der Waals surface area contributed by atoms with Crippen LogP contribution in [0, 0.1) is 0 Å². The number of carbonyl (C=O) groups excluding carboxylic acids is 1. The predicted molar refractivity (Wildman–Crippen MR) is 122 cm³/mol. The number of para-hydroxylation sites is 3. The summed E-state index contributed by atoms with van der Waals surface area (Å²) >= 11 is 0. The Kier molecular flexibility index (Phi) is 5.93. The van der Waals surface area contributed by atoms with Gasteiger partial charge in [-0.25, -0.2) is 4.98 Å². The lowest BCUT2D eigenvalue weighted by molar-refractivity contribution is -0.130. The van der Waals surface area contributed by atoms with Crippen LogP contribution < -0.4 is 15.2 Å². The Morgan fingerprint density at radius 1 is 1.19 bits per heavy atom. The smallest absolute Gasteiger partial charge is 0.261 e. The van der Waals surface area contributed by atoms with E-state index in [2.05, 4.69) is 22.9 Å². The van der Waals surface area contributed by atoms with E-state index in [4.69, 9.17) is 4.74 Å². The molecule has 0 unspecified atom stereocenters. The number of nitrogens with zero attached hydrogens (tertiary/aromatic N) is 4. The van der Waals surface area contributed by atoms with E-state index in [1.807, 2.05) is 36.4 Å². The first-order valence-electron chi connectivity index (χ1n) is 10.7. The third-order valence-electron chi connectivity index (χ3n) is 5.85. The normalized spacial score (nSPS) is 15.5. The Hall–Kier alpha value is -3.35. The molecule has 0 saturated heterocycles. The van der Waals surface area contributed by atoms with Crippen molar-refractivity contribution >= 4 is 22.5 Å². The first-order valence-corrected chi connectivity index (χ1v) is 10.7. The molecule has 2 heterocycles. The van der Waals surface area contributed by atoms with Crippen molar-refractivity contribution in [2.45, 2.75) is 25.9 Å². The fourth-order valence-corrected chi connectivity index (χ4v) is 4.08. The Balaban J connectivity index is 1.40. The van der Waals surface area contributed by atoms with Crippen molar-refractivity contribution in [1.29, 1.82) is 0 Å². The van der Waals surface area contributed by atoms with Gasteiger partial charge in [-0.1, -0.05) is 24.3 Å². The molecule has 1 aromatic heterocycles. The van der Waals surface area contributed by atoms with Gasteiger partial charge in [0, 0.05) is 33.5 Å². The number of rotatable bonds is 6. The Bertz CT molecular complexity index is 1160. The van der Waals surface area contributed by atoms with E-state index in [1.54, 1.807) is 25.1 Å². The molecule has 0 radical (unpaired) electrons. The van der Waals surface area contributed by atoms with Crippen molar-refractivity contribution in [1.82, 2.24) is 14.5 Å². The Morgan fingerprint density at radius 2 is 1.94 bits per heavy atom. The second-order valence-corrected chi connectivity index (χ2v) is 7.93. The molecule has 0 bridgehead atoms. The van der Waals surface area contributed by atoms with Gasteiger partial charge in [0.15, 0.2) is 0 Å². The topological polar surface area (TPSA) is 67.7 Å². The van der Waals surface area contributed by atoms with Crippen LogP contribution in [-0.4, -0.2) is 53.1 Å². The van der Waals surface area contributed by atoms with Gasteiger partial charge in [-0.15, -0.1) is 0 Å². The lowest BCUT2D eigenvalue weighted by Crippen LogP contribution is -2.46. The molecule has 31 heavy (non-hydrogen) atoms. The van der Waals surface area contributed by atoms with Crippen LogP contribution >= 0.6 is 0 Å². The largest absolute Gasteiger partial charge is 0.485 e. The summed E-state index contributed by atoms with van der Waals surface area (Å²) < 4.78 is 7.67. The summed E-state index contributed by atoms with van der Waals surface area (Å²) in [5, 5.41) is 0.590. The van der Waals surface area contributed by atoms with E-state index in [9.17, 15) is 9.59 Å². The van der Waals surface area contributed by atoms with Crippen LogP contribution in [0.1, 0.15) is 19.2 Å². The summed E-state index contributed by atoms with van der Waals surface area (Å²) in [7, 11) is 3.51. The molecule has 0 fully saturated rings. The summed E-state index contributed by atoms with van der Waals surface area (Å²) in [6.45, 7) is 4.25. The highest BCUT2D eigenvalue weighted by Crippen LogP contribution is 2.32. The Labute approximate surface area is 181 Å². The number of fused-ring (bicyclic) bond motifs is 2. The van der Waals surface area contributed by atoms with Crippen molar-refractivity contribution in [3.63, 3.8) is 0 Å². The fourth-order valence-electron chi connectivity index (χ4n) is 4.08. The summed E-state index contributed by atoms with van der Waals surface area (Å²) in [6, 6.07) is 15.3. The van der Waals surface area contributed by atoms with Crippen molar-refractivity contribution < 1.29 is 9.53 Å². The maximum Gasteiger partial charge on any atom is 0.261 e. The zero-order valence-electron chi connectivity index (χ0n) is 18.2. The van der Waals surface area contributed by atoms with Crippen molar-refractivity contribution in [3.05, 3.63) is 64.7 Å². The number of benzene rings is 2. The van der Waals surface area contributed by atoms with Gasteiger partial charge in [0.2, 0.25) is 5.91 Å². The van der Waals surface area contributed by atoms with Gasteiger partial charge in [-0.3, -0.25) is 14.2 Å². The SMILES string of the molecule is CCN1C[C@H](CN(C)C(=O)CCc2nc3ccccc3c(=O)n2C)Oc2ccccc21. The van der Waals surface area contributed by atoms with Crippen LogP contribution in [0.2, 0.25) is 0 Å². The first kappa shape index (κ1) is 20.9. The first-order chi connectivity index (χ1) is 15.0. The predicted octanol–water partition coefficient (Wildman–Crippen LogP) is 2.61. The third-order valence-corrected chi connectivity index (χ3v) is 5.85. The van der Waals surface area contributed by atoms with Gasteiger partial charge in [-0.2, -0.15) is 0 Å². The van der Waals surface area contributed by atoms with Crippen molar-refractivity contribution in [2.75, 3.05) is 31.6 Å². The lowest BCUT2D eigenvalue weighted by atomic mass is 10.1. The zero-order valence-corrected chi connectivity index (χ0v) is 18.2. The molecule has 0 N–H and O–H groups in total. The van der Waals surface area contributed by atoms with E-state index in [1.165, 1.54) is 4.57 Å². The maximum absolute atomic E-state index is 12.8. The average Bonchev–Trinajstić information content (AvgIpc) is 2.79. The summed E-state index contributed by atoms with van der Waals surface area (Å²) in [4.78, 5) is 33.9. The Morgan fingerprint density at radius 3 is 2.74 bits per heavy atom. The zero-order chi connectivity index (χ0) is 22.0. The second-order valence-electron chi connectivity index (χ2n) is 7.93. The van der Waals surface area contributed by atoms with Crippen LogP contribution in [0.15, 0.2) is 53.3 Å². The van der Waals surface area contributed by atoms with E-state index >= 15 is 0 Å². The molecule has 0 spiro atoms. The molecular formula is C24H28N4O3. The van der Waals surface area contributed by atoms with Gasteiger partial charge in [0.1, 0.15) is 17.7 Å². The number of hydrogen-bond donors (Lipinski definition) is 0. The summed E-state index contributed by atoms with van der Waals surface area (Å²) in [6.07, 6.45) is 0.609. The van der Waals surface area contributed by atoms with Gasteiger partial charge < -0.3 is 14.5 Å². The number of hydrogen-bond acceptors (Lipinski definition) is 5. The van der Waals surface area contributed by atoms with Gasteiger partial charge in [0.25, 0.3) is 5.56 Å². The van der Waals surface area contributed by atoms with Crippen molar-refractivity contribution in [2.24, 2.45) is 7.05 Å². The minimum absolute atomic E-state index is 0.00733. The fraction of sp³-hybridized carbons (Fsp3) is 0.375. The summed E-state index contributed by atoms with van der Waals surface area (Å²) in [5.74, 6) is 1.48. The molecule has 0 saturated carbocycles. The molecule has 7 nitrogen and oxygen atoms in total. The van der Waals surface area contributed by atoms with E-state index in [0.29, 0.717) is 29.7 Å². The number of anilines is 1. The summed E-state index contributed by atoms with van der Waals surface area (Å²) in [5.41, 5.74) is 1.67. The van der Waals surface area contributed by atoms with Crippen LogP contribution in [0.25, 0.3) is 10.9 Å². The number of likely N-dealkylation sites (N-methyl/N-ethyl adjacent to an activating group) is 2. The number of carbonyl (C=O) groups is 1. The highest BCUT2D eigenvalue weighted by atomic mass is 16.5. The van der Waals surface area contributed by atoms with E-state index in [-0.39, 0.29) is 24.0 Å². The molecular weight excluding hydrogens is 392 g/mol. The van der Waals surface area contributed by atoms with Crippen LogP contribution in [0.4, 0.5) is 5.69 Å².